The number of nitrogens with one attached hydrogen (secondary N) is 1. The Morgan fingerprint density at radius 2 is 1.76 bits per heavy atom. The van der Waals surface area contributed by atoms with Gasteiger partial charge in [-0.05, 0) is 26.4 Å². The first kappa shape index (κ1) is 26.1. The predicted molar refractivity (Wildman–Crippen MR) is 96.2 cm³/mol. The number of piperazine rings is 1. The van der Waals surface area contributed by atoms with Gasteiger partial charge in [-0.25, -0.2) is 0 Å². The van der Waals surface area contributed by atoms with E-state index in [2.05, 4.69) is 22.2 Å². The zero-order valence-corrected chi connectivity index (χ0v) is 15.5. The summed E-state index contributed by atoms with van der Waals surface area (Å²) in [4.78, 5) is 16.4. The van der Waals surface area contributed by atoms with Crippen molar-refractivity contribution in [3.63, 3.8) is 0 Å². The molecule has 1 heterocycles. The maximum absolute atomic E-state index is 11.6. The van der Waals surface area contributed by atoms with E-state index < -0.39 is 0 Å². The maximum atomic E-state index is 11.6. The SMILES string of the molecule is CCCC(N)C(=O)NCCCN1CCN(C)CC1.Cl.Cl.Cl. The molecule has 3 N–H and O–H groups in total. The van der Waals surface area contributed by atoms with Gasteiger partial charge < -0.3 is 20.9 Å². The molecule has 130 valence electrons. The summed E-state index contributed by atoms with van der Waals surface area (Å²) in [6, 6.07) is -0.335. The smallest absolute Gasteiger partial charge is 0.236 e. The van der Waals surface area contributed by atoms with Crippen LogP contribution < -0.4 is 11.1 Å². The third-order valence-electron chi connectivity index (χ3n) is 3.48. The van der Waals surface area contributed by atoms with Crippen LogP contribution in [0, 0.1) is 0 Å². The molecule has 1 fully saturated rings. The fourth-order valence-electron chi connectivity index (χ4n) is 2.16. The van der Waals surface area contributed by atoms with Crippen LogP contribution in [0.15, 0.2) is 0 Å². The zero-order valence-electron chi connectivity index (χ0n) is 13.0. The van der Waals surface area contributed by atoms with Crippen molar-refractivity contribution in [2.75, 3.05) is 46.3 Å². The number of hydrogen-bond donors (Lipinski definition) is 2. The monoisotopic (exact) mass is 364 g/mol. The van der Waals surface area contributed by atoms with Crippen LogP contribution in [0.5, 0.6) is 0 Å². The lowest BCUT2D eigenvalue weighted by molar-refractivity contribution is -0.122. The number of amides is 1. The summed E-state index contributed by atoms with van der Waals surface area (Å²) in [7, 11) is 2.16. The van der Waals surface area contributed by atoms with Gasteiger partial charge in [0, 0.05) is 32.7 Å². The molecule has 1 saturated heterocycles. The lowest BCUT2D eigenvalue weighted by Crippen LogP contribution is -2.45. The predicted octanol–water partition coefficient (Wildman–Crippen LogP) is 1.13. The van der Waals surface area contributed by atoms with Crippen LogP contribution in [-0.4, -0.2) is 68.1 Å². The van der Waals surface area contributed by atoms with Crippen LogP contribution in [0.2, 0.25) is 0 Å². The van der Waals surface area contributed by atoms with Gasteiger partial charge in [-0.15, -0.1) is 37.2 Å². The molecule has 0 spiro atoms. The minimum Gasteiger partial charge on any atom is -0.355 e. The molecule has 1 aliphatic heterocycles. The van der Waals surface area contributed by atoms with Crippen molar-refractivity contribution in [3.05, 3.63) is 0 Å². The van der Waals surface area contributed by atoms with Crippen molar-refractivity contribution < 1.29 is 4.79 Å². The molecular formula is C13H31Cl3N4O. The first-order valence-corrected chi connectivity index (χ1v) is 7.07. The van der Waals surface area contributed by atoms with Crippen LogP contribution in [0.4, 0.5) is 0 Å². The number of halogens is 3. The number of carbonyl (C=O) groups is 1. The highest BCUT2D eigenvalue weighted by atomic mass is 35.5. The Bertz CT molecular complexity index is 252. The minimum atomic E-state index is -0.335. The number of nitrogens with two attached hydrogens (primary N) is 1. The normalized spacial score (nSPS) is 16.9. The Balaban J connectivity index is -0.00000108. The van der Waals surface area contributed by atoms with Crippen molar-refractivity contribution in [2.24, 2.45) is 5.73 Å². The Morgan fingerprint density at radius 1 is 1.19 bits per heavy atom. The summed E-state index contributed by atoms with van der Waals surface area (Å²) in [5.74, 6) is -0.00442. The van der Waals surface area contributed by atoms with Crippen LogP contribution in [0.1, 0.15) is 26.2 Å². The van der Waals surface area contributed by atoms with E-state index in [0.29, 0.717) is 0 Å². The number of hydrogen-bond acceptors (Lipinski definition) is 4. The fourth-order valence-corrected chi connectivity index (χ4v) is 2.16. The molecule has 1 rings (SSSR count). The van der Waals surface area contributed by atoms with E-state index >= 15 is 0 Å². The Labute approximate surface area is 147 Å². The summed E-state index contributed by atoms with van der Waals surface area (Å²) in [6.07, 6.45) is 2.73. The van der Waals surface area contributed by atoms with Gasteiger partial charge in [0.25, 0.3) is 0 Å². The van der Waals surface area contributed by atoms with E-state index in [0.717, 1.165) is 58.5 Å². The van der Waals surface area contributed by atoms with E-state index in [-0.39, 0.29) is 49.2 Å². The van der Waals surface area contributed by atoms with Gasteiger partial charge in [-0.3, -0.25) is 4.79 Å². The van der Waals surface area contributed by atoms with Gasteiger partial charge in [-0.2, -0.15) is 0 Å². The highest BCUT2D eigenvalue weighted by Gasteiger charge is 2.14. The second-order valence-electron chi connectivity index (χ2n) is 5.18. The minimum absolute atomic E-state index is 0. The summed E-state index contributed by atoms with van der Waals surface area (Å²) in [6.45, 7) is 8.42. The Morgan fingerprint density at radius 3 is 2.29 bits per heavy atom. The van der Waals surface area contributed by atoms with Gasteiger partial charge in [0.1, 0.15) is 0 Å². The summed E-state index contributed by atoms with van der Waals surface area (Å²) in [5.41, 5.74) is 5.74. The standard InChI is InChI=1S/C13H28N4O.3ClH/c1-3-5-12(14)13(18)15-6-4-7-17-10-8-16(2)9-11-17;;;/h12H,3-11,14H2,1-2H3,(H,15,18);3*1H. The van der Waals surface area contributed by atoms with Crippen LogP contribution in [-0.2, 0) is 4.79 Å². The van der Waals surface area contributed by atoms with E-state index in [1.54, 1.807) is 0 Å². The topological polar surface area (TPSA) is 61.6 Å². The molecule has 0 saturated carbocycles. The highest BCUT2D eigenvalue weighted by molar-refractivity contribution is 5.86. The molecule has 8 heteroatoms. The number of rotatable bonds is 7. The largest absolute Gasteiger partial charge is 0.355 e. The molecule has 0 bridgehead atoms. The maximum Gasteiger partial charge on any atom is 0.236 e. The van der Waals surface area contributed by atoms with Crippen molar-refractivity contribution >= 4 is 43.1 Å². The Kier molecular flexibility index (Phi) is 18.8. The summed E-state index contributed by atoms with van der Waals surface area (Å²) in [5, 5.41) is 2.91. The highest BCUT2D eigenvalue weighted by Crippen LogP contribution is 1.99. The summed E-state index contributed by atoms with van der Waals surface area (Å²) >= 11 is 0. The average molecular weight is 366 g/mol. The van der Waals surface area contributed by atoms with Gasteiger partial charge in [0.2, 0.25) is 5.91 Å². The molecule has 1 atom stereocenters. The van der Waals surface area contributed by atoms with Crippen LogP contribution in [0.3, 0.4) is 0 Å². The van der Waals surface area contributed by atoms with E-state index in [4.69, 9.17) is 5.73 Å². The first-order chi connectivity index (χ1) is 8.63. The molecule has 0 aromatic heterocycles. The van der Waals surface area contributed by atoms with E-state index in [1.807, 2.05) is 6.92 Å². The van der Waals surface area contributed by atoms with Gasteiger partial charge in [0.05, 0.1) is 6.04 Å². The fraction of sp³-hybridized carbons (Fsp3) is 0.923. The first-order valence-electron chi connectivity index (χ1n) is 7.07. The van der Waals surface area contributed by atoms with Gasteiger partial charge in [-0.1, -0.05) is 13.3 Å². The number of carbonyl (C=O) groups excluding carboxylic acids is 1. The van der Waals surface area contributed by atoms with Crippen LogP contribution >= 0.6 is 37.2 Å². The molecule has 0 aromatic rings. The summed E-state index contributed by atoms with van der Waals surface area (Å²) < 4.78 is 0. The molecule has 1 unspecified atom stereocenters. The second kappa shape index (κ2) is 15.1. The average Bonchev–Trinajstić information content (AvgIpc) is 2.36. The second-order valence-corrected chi connectivity index (χ2v) is 5.18. The third kappa shape index (κ3) is 11.4. The van der Waals surface area contributed by atoms with Crippen molar-refractivity contribution in [2.45, 2.75) is 32.2 Å². The number of likely N-dealkylation sites (N-methyl/N-ethyl adjacent to an activating group) is 1. The van der Waals surface area contributed by atoms with Crippen LogP contribution in [0.25, 0.3) is 0 Å². The van der Waals surface area contributed by atoms with Gasteiger partial charge in [0.15, 0.2) is 0 Å². The quantitative estimate of drug-likeness (QED) is 0.664. The van der Waals surface area contributed by atoms with Crippen molar-refractivity contribution in [3.8, 4) is 0 Å². The number of nitrogens with zero attached hydrogens (tertiary/aromatic N) is 2. The molecule has 21 heavy (non-hydrogen) atoms. The molecule has 5 nitrogen and oxygen atoms in total. The molecule has 0 aliphatic carbocycles. The van der Waals surface area contributed by atoms with E-state index in [1.165, 1.54) is 0 Å². The van der Waals surface area contributed by atoms with Crippen molar-refractivity contribution in [1.29, 1.82) is 0 Å². The molecule has 0 aromatic carbocycles. The third-order valence-corrected chi connectivity index (χ3v) is 3.48. The molecule has 1 amide bonds. The lowest BCUT2D eigenvalue weighted by atomic mass is 10.1. The molecule has 1 aliphatic rings. The van der Waals surface area contributed by atoms with Crippen molar-refractivity contribution in [1.82, 2.24) is 15.1 Å². The Hall–Kier alpha value is 0.220. The molecule has 0 radical (unpaired) electrons. The molecular weight excluding hydrogens is 335 g/mol. The van der Waals surface area contributed by atoms with E-state index in [9.17, 15) is 4.79 Å². The van der Waals surface area contributed by atoms with Gasteiger partial charge >= 0.3 is 0 Å². The zero-order chi connectivity index (χ0) is 13.4. The lowest BCUT2D eigenvalue weighted by Gasteiger charge is -2.32.